The number of anilines is 1. The predicted molar refractivity (Wildman–Crippen MR) is 110 cm³/mol. The van der Waals surface area contributed by atoms with Crippen LogP contribution in [0.3, 0.4) is 0 Å². The van der Waals surface area contributed by atoms with Crippen molar-refractivity contribution in [1.82, 2.24) is 15.1 Å². The number of hydrogen-bond acceptors (Lipinski definition) is 7. The largest absolute Gasteiger partial charge is 0.485 e. The first-order valence-corrected chi connectivity index (χ1v) is 9.81. The van der Waals surface area contributed by atoms with Crippen LogP contribution >= 0.6 is 11.3 Å². The van der Waals surface area contributed by atoms with E-state index in [0.29, 0.717) is 28.2 Å². The molecule has 0 aliphatic heterocycles. The summed E-state index contributed by atoms with van der Waals surface area (Å²) in [5.74, 6) is 1.01. The van der Waals surface area contributed by atoms with Crippen LogP contribution in [0.25, 0.3) is 11.3 Å². The van der Waals surface area contributed by atoms with Gasteiger partial charge in [0.2, 0.25) is 11.7 Å². The number of rotatable bonds is 6. The number of para-hydroxylation sites is 1. The average Bonchev–Trinajstić information content (AvgIpc) is 3.36. The molecule has 4 rings (SSSR count). The van der Waals surface area contributed by atoms with Gasteiger partial charge in [-0.25, -0.2) is 4.98 Å². The smallest absolute Gasteiger partial charge is 0.261 e. The Kier molecular flexibility index (Phi) is 5.35. The van der Waals surface area contributed by atoms with E-state index in [2.05, 4.69) is 20.4 Å². The SMILES string of the molecule is Cc1ccc(-c2csc(NC(=O)c3ccccc3OCc3noc(C)n3)n2)cc1. The first-order valence-electron chi connectivity index (χ1n) is 8.93. The monoisotopic (exact) mass is 406 g/mol. The van der Waals surface area contributed by atoms with Crippen molar-refractivity contribution in [3.05, 3.63) is 76.8 Å². The summed E-state index contributed by atoms with van der Waals surface area (Å²) < 4.78 is 10.6. The molecule has 0 fully saturated rings. The van der Waals surface area contributed by atoms with Gasteiger partial charge in [0.15, 0.2) is 11.7 Å². The van der Waals surface area contributed by atoms with Crippen LogP contribution in [-0.2, 0) is 6.61 Å². The molecule has 0 aliphatic rings. The molecule has 2 aromatic carbocycles. The lowest BCUT2D eigenvalue weighted by Gasteiger charge is -2.09. The van der Waals surface area contributed by atoms with E-state index < -0.39 is 0 Å². The predicted octanol–water partition coefficient (Wildman–Crippen LogP) is 4.64. The fraction of sp³-hybridized carbons (Fsp3) is 0.143. The molecule has 29 heavy (non-hydrogen) atoms. The molecule has 0 radical (unpaired) electrons. The molecule has 8 heteroatoms. The minimum atomic E-state index is -0.297. The maximum absolute atomic E-state index is 12.8. The van der Waals surface area contributed by atoms with E-state index in [1.165, 1.54) is 16.9 Å². The second-order valence-electron chi connectivity index (χ2n) is 6.37. The van der Waals surface area contributed by atoms with Gasteiger partial charge in [0, 0.05) is 17.9 Å². The van der Waals surface area contributed by atoms with Crippen LogP contribution in [0.5, 0.6) is 5.75 Å². The van der Waals surface area contributed by atoms with Crippen molar-refractivity contribution in [3.8, 4) is 17.0 Å². The minimum Gasteiger partial charge on any atom is -0.485 e. The zero-order valence-corrected chi connectivity index (χ0v) is 16.7. The lowest BCUT2D eigenvalue weighted by atomic mass is 10.1. The van der Waals surface area contributed by atoms with E-state index in [9.17, 15) is 4.79 Å². The van der Waals surface area contributed by atoms with Gasteiger partial charge < -0.3 is 9.26 Å². The maximum atomic E-state index is 12.8. The summed E-state index contributed by atoms with van der Waals surface area (Å²) in [4.78, 5) is 21.4. The Morgan fingerprint density at radius 3 is 2.66 bits per heavy atom. The summed E-state index contributed by atoms with van der Waals surface area (Å²) >= 11 is 1.37. The topological polar surface area (TPSA) is 90.1 Å². The molecule has 2 heterocycles. The van der Waals surface area contributed by atoms with Crippen molar-refractivity contribution in [2.24, 2.45) is 0 Å². The maximum Gasteiger partial charge on any atom is 0.261 e. The lowest BCUT2D eigenvalue weighted by Crippen LogP contribution is -2.13. The first-order chi connectivity index (χ1) is 14.1. The molecule has 1 amide bonds. The minimum absolute atomic E-state index is 0.108. The summed E-state index contributed by atoms with van der Waals surface area (Å²) in [6.07, 6.45) is 0. The molecular formula is C21H18N4O3S. The molecule has 0 saturated carbocycles. The van der Waals surface area contributed by atoms with Gasteiger partial charge in [0.25, 0.3) is 5.91 Å². The third-order valence-electron chi connectivity index (χ3n) is 4.13. The molecule has 0 atom stereocenters. The number of amides is 1. The number of nitrogens with one attached hydrogen (secondary N) is 1. The van der Waals surface area contributed by atoms with E-state index in [4.69, 9.17) is 9.26 Å². The van der Waals surface area contributed by atoms with E-state index in [1.807, 2.05) is 36.6 Å². The van der Waals surface area contributed by atoms with Gasteiger partial charge in [-0.2, -0.15) is 4.98 Å². The molecule has 0 unspecified atom stereocenters. The van der Waals surface area contributed by atoms with Crippen LogP contribution < -0.4 is 10.1 Å². The Bertz CT molecular complexity index is 1130. The number of nitrogens with zero attached hydrogens (tertiary/aromatic N) is 3. The summed E-state index contributed by atoms with van der Waals surface area (Å²) in [7, 11) is 0. The van der Waals surface area contributed by atoms with E-state index in [-0.39, 0.29) is 12.5 Å². The van der Waals surface area contributed by atoms with Crippen molar-refractivity contribution in [2.75, 3.05) is 5.32 Å². The van der Waals surface area contributed by atoms with Gasteiger partial charge >= 0.3 is 0 Å². The van der Waals surface area contributed by atoms with Crippen LogP contribution in [0, 0.1) is 13.8 Å². The molecule has 4 aromatic rings. The highest BCUT2D eigenvalue weighted by Crippen LogP contribution is 2.26. The fourth-order valence-electron chi connectivity index (χ4n) is 2.67. The highest BCUT2D eigenvalue weighted by Gasteiger charge is 2.15. The number of benzene rings is 2. The Morgan fingerprint density at radius 2 is 1.90 bits per heavy atom. The van der Waals surface area contributed by atoms with Gasteiger partial charge in [-0.05, 0) is 19.1 Å². The van der Waals surface area contributed by atoms with Gasteiger partial charge in [-0.1, -0.05) is 47.1 Å². The quantitative estimate of drug-likeness (QED) is 0.502. The molecule has 1 N–H and O–H groups in total. The van der Waals surface area contributed by atoms with E-state index in [1.54, 1.807) is 31.2 Å². The molecule has 2 aromatic heterocycles. The van der Waals surface area contributed by atoms with Crippen molar-refractivity contribution in [1.29, 1.82) is 0 Å². The van der Waals surface area contributed by atoms with Gasteiger partial charge in [-0.3, -0.25) is 10.1 Å². The normalized spacial score (nSPS) is 10.7. The summed E-state index contributed by atoms with van der Waals surface area (Å²) in [5.41, 5.74) is 3.42. The van der Waals surface area contributed by atoms with Crippen LogP contribution in [-0.4, -0.2) is 21.0 Å². The number of aromatic nitrogens is 3. The lowest BCUT2D eigenvalue weighted by molar-refractivity contribution is 0.102. The number of carbonyl (C=O) groups is 1. The second kappa shape index (κ2) is 8.24. The average molecular weight is 406 g/mol. The van der Waals surface area contributed by atoms with E-state index in [0.717, 1.165) is 11.3 Å². The summed E-state index contributed by atoms with van der Waals surface area (Å²) in [5, 5.41) is 9.07. The zero-order chi connectivity index (χ0) is 20.2. The third-order valence-corrected chi connectivity index (χ3v) is 4.89. The standard InChI is InChI=1S/C21H18N4O3S/c1-13-7-9-15(10-8-13)17-12-29-21(23-17)24-20(26)16-5-3-4-6-18(16)27-11-19-22-14(2)28-25-19/h3-10,12H,11H2,1-2H3,(H,23,24,26). The fourth-order valence-corrected chi connectivity index (χ4v) is 3.39. The highest BCUT2D eigenvalue weighted by atomic mass is 32.1. The highest BCUT2D eigenvalue weighted by molar-refractivity contribution is 7.14. The Labute approximate surface area is 171 Å². The van der Waals surface area contributed by atoms with Gasteiger partial charge in [0.05, 0.1) is 11.3 Å². The Hall–Kier alpha value is -3.52. The van der Waals surface area contributed by atoms with Crippen LogP contribution in [0.2, 0.25) is 0 Å². The van der Waals surface area contributed by atoms with Crippen molar-refractivity contribution in [3.63, 3.8) is 0 Å². The Morgan fingerprint density at radius 1 is 1.10 bits per heavy atom. The number of carbonyl (C=O) groups excluding carboxylic acids is 1. The van der Waals surface area contributed by atoms with Crippen LogP contribution in [0.4, 0.5) is 5.13 Å². The van der Waals surface area contributed by atoms with Crippen LogP contribution in [0.15, 0.2) is 58.4 Å². The van der Waals surface area contributed by atoms with Crippen molar-refractivity contribution < 1.29 is 14.1 Å². The van der Waals surface area contributed by atoms with Crippen LogP contribution in [0.1, 0.15) is 27.6 Å². The molecule has 0 aliphatic carbocycles. The molecule has 146 valence electrons. The van der Waals surface area contributed by atoms with Crippen molar-refractivity contribution in [2.45, 2.75) is 20.5 Å². The van der Waals surface area contributed by atoms with Gasteiger partial charge in [0.1, 0.15) is 5.75 Å². The Balaban J connectivity index is 1.47. The number of hydrogen-bond donors (Lipinski definition) is 1. The molecule has 0 spiro atoms. The summed E-state index contributed by atoms with van der Waals surface area (Å²) in [6, 6.07) is 15.1. The third kappa shape index (κ3) is 4.49. The molecule has 7 nitrogen and oxygen atoms in total. The number of ether oxygens (including phenoxy) is 1. The molecular weight excluding hydrogens is 388 g/mol. The number of aryl methyl sites for hydroxylation is 2. The number of thiazole rings is 1. The molecule has 0 bridgehead atoms. The van der Waals surface area contributed by atoms with E-state index >= 15 is 0 Å². The second-order valence-corrected chi connectivity index (χ2v) is 7.23. The van der Waals surface area contributed by atoms with Crippen molar-refractivity contribution >= 4 is 22.4 Å². The zero-order valence-electron chi connectivity index (χ0n) is 15.9. The molecule has 0 saturated heterocycles. The first kappa shape index (κ1) is 18.8. The van der Waals surface area contributed by atoms with Gasteiger partial charge in [-0.15, -0.1) is 11.3 Å². The summed E-state index contributed by atoms with van der Waals surface area (Å²) in [6.45, 7) is 3.85.